The van der Waals surface area contributed by atoms with E-state index < -0.39 is 11.7 Å². The fourth-order valence-electron chi connectivity index (χ4n) is 1.65. The van der Waals surface area contributed by atoms with Gasteiger partial charge in [-0.1, -0.05) is 35.9 Å². The average Bonchev–Trinajstić information content (AvgIpc) is 2.43. The number of amides is 1. The number of hydrogen-bond acceptors (Lipinski definition) is 2. The van der Waals surface area contributed by atoms with Crippen molar-refractivity contribution < 1.29 is 13.9 Å². The maximum Gasteiger partial charge on any atom is 0.262 e. The minimum atomic E-state index is -0.654. The highest BCUT2D eigenvalue weighted by molar-refractivity contribution is 6.31. The van der Waals surface area contributed by atoms with Gasteiger partial charge in [-0.25, -0.2) is 4.39 Å². The van der Waals surface area contributed by atoms with Crippen LogP contribution < -0.4 is 10.1 Å². The lowest BCUT2D eigenvalue weighted by Gasteiger charge is -2.10. The number of carbonyl (C=O) groups excluding carboxylic acids is 1. The molecule has 0 radical (unpaired) electrons. The third kappa shape index (κ3) is 3.48. The second-order valence-corrected chi connectivity index (χ2v) is 4.61. The highest BCUT2D eigenvalue weighted by atomic mass is 35.5. The molecule has 0 heterocycles. The molecule has 0 aliphatic rings. The molecule has 0 atom stereocenters. The van der Waals surface area contributed by atoms with E-state index in [0.717, 1.165) is 5.56 Å². The van der Waals surface area contributed by atoms with Crippen LogP contribution in [0, 0.1) is 12.7 Å². The third-order valence-corrected chi connectivity index (χ3v) is 2.97. The summed E-state index contributed by atoms with van der Waals surface area (Å²) in [6, 6.07) is 11.7. The monoisotopic (exact) mass is 293 g/mol. The molecule has 0 aliphatic carbocycles. The molecule has 2 aromatic carbocycles. The molecule has 3 nitrogen and oxygen atoms in total. The summed E-state index contributed by atoms with van der Waals surface area (Å²) in [6.45, 7) is 1.68. The SMILES string of the molecule is Cc1ccccc1OCC(=O)Nc1cccc(Cl)c1F. The Morgan fingerprint density at radius 3 is 2.75 bits per heavy atom. The second kappa shape index (κ2) is 6.39. The van der Waals surface area contributed by atoms with Gasteiger partial charge in [0.05, 0.1) is 10.7 Å². The van der Waals surface area contributed by atoms with Crippen molar-refractivity contribution in [2.45, 2.75) is 6.92 Å². The van der Waals surface area contributed by atoms with Gasteiger partial charge in [-0.05, 0) is 30.7 Å². The first-order valence-corrected chi connectivity index (χ1v) is 6.38. The summed E-state index contributed by atoms with van der Waals surface area (Å²) in [5, 5.41) is 2.38. The molecule has 0 saturated carbocycles. The quantitative estimate of drug-likeness (QED) is 0.931. The summed E-state index contributed by atoms with van der Waals surface area (Å²) < 4.78 is 19.0. The van der Waals surface area contributed by atoms with Crippen molar-refractivity contribution in [3.63, 3.8) is 0 Å². The summed E-state index contributed by atoms with van der Waals surface area (Å²) in [4.78, 5) is 11.7. The largest absolute Gasteiger partial charge is 0.483 e. The maximum atomic E-state index is 13.6. The number of nitrogens with one attached hydrogen (secondary N) is 1. The molecule has 0 bridgehead atoms. The van der Waals surface area contributed by atoms with E-state index in [1.165, 1.54) is 12.1 Å². The first-order chi connectivity index (χ1) is 9.58. The lowest BCUT2D eigenvalue weighted by molar-refractivity contribution is -0.118. The van der Waals surface area contributed by atoms with Crippen LogP contribution in [0.2, 0.25) is 5.02 Å². The van der Waals surface area contributed by atoms with Crippen LogP contribution in [0.1, 0.15) is 5.56 Å². The molecule has 0 spiro atoms. The standard InChI is InChI=1S/C15H13ClFNO2/c1-10-5-2-3-8-13(10)20-9-14(19)18-12-7-4-6-11(16)15(12)17/h2-8H,9H2,1H3,(H,18,19). The number of para-hydroxylation sites is 1. The molecule has 104 valence electrons. The third-order valence-electron chi connectivity index (χ3n) is 2.68. The van der Waals surface area contributed by atoms with Crippen molar-refractivity contribution in [1.29, 1.82) is 0 Å². The fourth-order valence-corrected chi connectivity index (χ4v) is 1.82. The predicted octanol–water partition coefficient (Wildman–Crippen LogP) is 3.81. The number of anilines is 1. The van der Waals surface area contributed by atoms with Gasteiger partial charge in [0.15, 0.2) is 12.4 Å². The van der Waals surface area contributed by atoms with Gasteiger partial charge in [0.2, 0.25) is 0 Å². The molecule has 5 heteroatoms. The molecule has 0 aromatic heterocycles. The summed E-state index contributed by atoms with van der Waals surface area (Å²) in [5.74, 6) is -0.484. The normalized spacial score (nSPS) is 10.2. The summed E-state index contributed by atoms with van der Waals surface area (Å²) in [7, 11) is 0. The van der Waals surface area contributed by atoms with Crippen molar-refractivity contribution in [2.75, 3.05) is 11.9 Å². The first-order valence-electron chi connectivity index (χ1n) is 6.00. The zero-order valence-electron chi connectivity index (χ0n) is 10.8. The van der Waals surface area contributed by atoms with Gasteiger partial charge in [0.1, 0.15) is 5.75 Å². The number of aryl methyl sites for hydroxylation is 1. The highest BCUT2D eigenvalue weighted by Crippen LogP contribution is 2.22. The molecular formula is C15H13ClFNO2. The van der Waals surface area contributed by atoms with E-state index in [0.29, 0.717) is 5.75 Å². The number of ether oxygens (including phenoxy) is 1. The zero-order valence-corrected chi connectivity index (χ0v) is 11.6. The first kappa shape index (κ1) is 14.3. The van der Waals surface area contributed by atoms with Gasteiger partial charge in [-0.3, -0.25) is 4.79 Å². The molecule has 20 heavy (non-hydrogen) atoms. The van der Waals surface area contributed by atoms with Crippen LogP contribution in [0.25, 0.3) is 0 Å². The van der Waals surface area contributed by atoms with Gasteiger partial charge < -0.3 is 10.1 Å². The Bertz CT molecular complexity index is 631. The number of carbonyl (C=O) groups is 1. The Balaban J connectivity index is 1.96. The molecule has 0 fully saturated rings. The van der Waals surface area contributed by atoms with Crippen molar-refractivity contribution in [1.82, 2.24) is 0 Å². The Hall–Kier alpha value is -2.07. The van der Waals surface area contributed by atoms with E-state index in [1.807, 2.05) is 25.1 Å². The average molecular weight is 294 g/mol. The zero-order chi connectivity index (χ0) is 14.5. The Morgan fingerprint density at radius 2 is 2.00 bits per heavy atom. The van der Waals surface area contributed by atoms with Crippen molar-refractivity contribution >= 4 is 23.2 Å². The van der Waals surface area contributed by atoms with Crippen molar-refractivity contribution in [3.05, 3.63) is 58.9 Å². The molecule has 0 unspecified atom stereocenters. The smallest absolute Gasteiger partial charge is 0.262 e. The molecule has 1 amide bonds. The van der Waals surface area contributed by atoms with Crippen molar-refractivity contribution in [2.24, 2.45) is 0 Å². The van der Waals surface area contributed by atoms with E-state index in [4.69, 9.17) is 16.3 Å². The Kier molecular flexibility index (Phi) is 4.58. The van der Waals surface area contributed by atoms with Gasteiger partial charge >= 0.3 is 0 Å². The summed E-state index contributed by atoms with van der Waals surface area (Å²) in [5.41, 5.74) is 0.963. The minimum Gasteiger partial charge on any atom is -0.483 e. The van der Waals surface area contributed by atoms with Crippen LogP contribution in [-0.4, -0.2) is 12.5 Å². The number of rotatable bonds is 4. The van der Waals surface area contributed by atoms with E-state index >= 15 is 0 Å². The second-order valence-electron chi connectivity index (χ2n) is 4.20. The van der Waals surface area contributed by atoms with Crippen LogP contribution in [-0.2, 0) is 4.79 Å². The minimum absolute atomic E-state index is 0.0379. The topological polar surface area (TPSA) is 38.3 Å². The number of hydrogen-bond donors (Lipinski definition) is 1. The number of benzene rings is 2. The maximum absolute atomic E-state index is 13.6. The predicted molar refractivity (Wildman–Crippen MR) is 76.7 cm³/mol. The Morgan fingerprint density at radius 1 is 1.25 bits per heavy atom. The van der Waals surface area contributed by atoms with Crippen LogP contribution in [0.4, 0.5) is 10.1 Å². The molecule has 1 N–H and O–H groups in total. The van der Waals surface area contributed by atoms with E-state index in [9.17, 15) is 9.18 Å². The van der Waals surface area contributed by atoms with Gasteiger partial charge in [0.25, 0.3) is 5.91 Å². The highest BCUT2D eigenvalue weighted by Gasteiger charge is 2.10. The molecule has 0 aliphatic heterocycles. The molecular weight excluding hydrogens is 281 g/mol. The lowest BCUT2D eigenvalue weighted by Crippen LogP contribution is -2.21. The number of halogens is 2. The molecule has 0 saturated heterocycles. The lowest BCUT2D eigenvalue weighted by atomic mass is 10.2. The fraction of sp³-hybridized carbons (Fsp3) is 0.133. The summed E-state index contributed by atoms with van der Waals surface area (Å²) in [6.07, 6.45) is 0. The van der Waals surface area contributed by atoms with Crippen LogP contribution in [0.15, 0.2) is 42.5 Å². The van der Waals surface area contributed by atoms with Gasteiger partial charge in [0, 0.05) is 0 Å². The van der Waals surface area contributed by atoms with Crippen LogP contribution in [0.5, 0.6) is 5.75 Å². The van der Waals surface area contributed by atoms with E-state index in [1.54, 1.807) is 12.1 Å². The van der Waals surface area contributed by atoms with Gasteiger partial charge in [-0.2, -0.15) is 0 Å². The van der Waals surface area contributed by atoms with E-state index in [2.05, 4.69) is 5.32 Å². The van der Waals surface area contributed by atoms with Crippen LogP contribution >= 0.6 is 11.6 Å². The Labute approximate surface area is 121 Å². The van der Waals surface area contributed by atoms with Gasteiger partial charge in [-0.15, -0.1) is 0 Å². The molecule has 2 aromatic rings. The molecule has 2 rings (SSSR count). The van der Waals surface area contributed by atoms with Crippen molar-refractivity contribution in [3.8, 4) is 5.75 Å². The van der Waals surface area contributed by atoms with E-state index in [-0.39, 0.29) is 17.3 Å². The van der Waals surface area contributed by atoms with Crippen LogP contribution in [0.3, 0.4) is 0 Å². The summed E-state index contributed by atoms with van der Waals surface area (Å²) >= 11 is 5.63.